The summed E-state index contributed by atoms with van der Waals surface area (Å²) in [6.45, 7) is 0. The van der Waals surface area contributed by atoms with Crippen LogP contribution in [-0.4, -0.2) is 29.6 Å². The van der Waals surface area contributed by atoms with Gasteiger partial charge in [-0.25, -0.2) is 0 Å². The molecule has 1 rings (SSSR count). The molecule has 0 bridgehead atoms. The molecule has 1 aromatic heterocycles. The van der Waals surface area contributed by atoms with Gasteiger partial charge in [-0.3, -0.25) is 0 Å². The summed E-state index contributed by atoms with van der Waals surface area (Å²) in [4.78, 5) is 2.86. The third-order valence-corrected chi connectivity index (χ3v) is 5.73. The molecule has 0 unspecified atom stereocenters. The van der Waals surface area contributed by atoms with Crippen LogP contribution in [0.2, 0.25) is 0 Å². The molecular formula is C9H15NS4. The molecule has 0 radical (unpaired) electrons. The van der Waals surface area contributed by atoms with Crippen molar-refractivity contribution in [1.82, 2.24) is 4.57 Å². The van der Waals surface area contributed by atoms with E-state index in [1.54, 1.807) is 0 Å². The van der Waals surface area contributed by atoms with Crippen LogP contribution in [0.25, 0.3) is 0 Å². The van der Waals surface area contributed by atoms with Gasteiger partial charge in [-0.1, -0.05) is 0 Å². The lowest BCUT2D eigenvalue weighted by atomic mass is 10.6. The van der Waals surface area contributed by atoms with Gasteiger partial charge in [-0.15, -0.1) is 47.0 Å². The summed E-state index contributed by atoms with van der Waals surface area (Å²) in [5.41, 5.74) is 0. The van der Waals surface area contributed by atoms with Crippen LogP contribution in [0.5, 0.6) is 0 Å². The molecule has 1 heterocycles. The summed E-state index contributed by atoms with van der Waals surface area (Å²) in [6, 6.07) is 0. The summed E-state index contributed by atoms with van der Waals surface area (Å²) in [5, 5.41) is 2.76. The van der Waals surface area contributed by atoms with E-state index in [1.807, 2.05) is 47.0 Å². The monoisotopic (exact) mass is 265 g/mol. The Bertz CT molecular complexity index is 290. The molecule has 5 heteroatoms. The first kappa shape index (κ1) is 12.7. The first-order valence-electron chi connectivity index (χ1n) is 4.09. The zero-order chi connectivity index (χ0) is 10.7. The lowest BCUT2D eigenvalue weighted by Gasteiger charge is -2.03. The summed E-state index contributed by atoms with van der Waals surface area (Å²) >= 11 is 7.35. The van der Waals surface area contributed by atoms with E-state index in [0.717, 1.165) is 0 Å². The summed E-state index contributed by atoms with van der Waals surface area (Å²) in [6.07, 6.45) is 8.59. The van der Waals surface area contributed by atoms with Gasteiger partial charge in [0.15, 0.2) is 0 Å². The predicted molar refractivity (Wildman–Crippen MR) is 72.5 cm³/mol. The Morgan fingerprint density at radius 2 is 1.07 bits per heavy atom. The van der Waals surface area contributed by atoms with E-state index in [4.69, 9.17) is 0 Å². The maximum Gasteiger partial charge on any atom is 0.0901 e. The molecule has 0 aromatic carbocycles. The van der Waals surface area contributed by atoms with Crippen molar-refractivity contribution in [3.05, 3.63) is 0 Å². The molecule has 0 aliphatic rings. The van der Waals surface area contributed by atoms with Crippen LogP contribution in [-0.2, 0) is 7.05 Å². The van der Waals surface area contributed by atoms with Gasteiger partial charge in [0.05, 0.1) is 19.8 Å². The van der Waals surface area contributed by atoms with Crippen LogP contribution in [0.15, 0.2) is 19.8 Å². The maximum absolute atomic E-state index is 2.30. The van der Waals surface area contributed by atoms with Gasteiger partial charge < -0.3 is 4.57 Å². The first-order valence-corrected chi connectivity index (χ1v) is 8.99. The standard InChI is InChI=1S/C9H15NS4/c1-10-8(13-4)6(11-2)7(12-3)9(10)14-5/h1-5H3. The molecule has 0 atom stereocenters. The van der Waals surface area contributed by atoms with E-state index >= 15 is 0 Å². The summed E-state index contributed by atoms with van der Waals surface area (Å²) in [5.74, 6) is 0. The van der Waals surface area contributed by atoms with E-state index in [-0.39, 0.29) is 0 Å². The fourth-order valence-electron chi connectivity index (χ4n) is 1.41. The Kier molecular flexibility index (Phi) is 5.17. The second-order valence-electron chi connectivity index (χ2n) is 2.64. The van der Waals surface area contributed by atoms with Crippen molar-refractivity contribution in [2.45, 2.75) is 19.8 Å². The van der Waals surface area contributed by atoms with Crippen LogP contribution >= 0.6 is 47.0 Å². The van der Waals surface area contributed by atoms with Gasteiger partial charge in [0, 0.05) is 7.05 Å². The molecule has 0 saturated carbocycles. The fraction of sp³-hybridized carbons (Fsp3) is 0.556. The van der Waals surface area contributed by atoms with E-state index in [2.05, 4.69) is 36.6 Å². The highest BCUT2D eigenvalue weighted by molar-refractivity contribution is 8.04. The molecule has 0 amide bonds. The smallest absolute Gasteiger partial charge is 0.0901 e. The molecule has 0 saturated heterocycles. The Labute approximate surface area is 103 Å². The lowest BCUT2D eigenvalue weighted by molar-refractivity contribution is 0.734. The molecule has 1 nitrogen and oxygen atoms in total. The van der Waals surface area contributed by atoms with Crippen LogP contribution in [0.3, 0.4) is 0 Å². The quantitative estimate of drug-likeness (QED) is 0.760. The average Bonchev–Trinajstić information content (AvgIpc) is 2.48. The molecule has 0 N–H and O–H groups in total. The highest BCUT2D eigenvalue weighted by Gasteiger charge is 2.18. The van der Waals surface area contributed by atoms with Gasteiger partial charge in [0.2, 0.25) is 0 Å². The molecule has 14 heavy (non-hydrogen) atoms. The third kappa shape index (κ3) is 2.10. The topological polar surface area (TPSA) is 4.93 Å². The zero-order valence-corrected chi connectivity index (χ0v) is 12.3. The molecule has 80 valence electrons. The predicted octanol–water partition coefficient (Wildman–Crippen LogP) is 3.91. The molecule has 0 spiro atoms. The summed E-state index contributed by atoms with van der Waals surface area (Å²) in [7, 11) is 2.15. The van der Waals surface area contributed by atoms with Gasteiger partial charge in [-0.05, 0) is 25.0 Å². The van der Waals surface area contributed by atoms with Crippen molar-refractivity contribution in [2.75, 3.05) is 25.0 Å². The highest BCUT2D eigenvalue weighted by Crippen LogP contribution is 2.43. The molecule has 0 aliphatic carbocycles. The van der Waals surface area contributed by atoms with Crippen molar-refractivity contribution in [3.8, 4) is 0 Å². The van der Waals surface area contributed by atoms with Crippen LogP contribution in [0.4, 0.5) is 0 Å². The average molecular weight is 265 g/mol. The molecule has 0 aliphatic heterocycles. The minimum atomic E-state index is 1.38. The van der Waals surface area contributed by atoms with Crippen LogP contribution in [0.1, 0.15) is 0 Å². The minimum absolute atomic E-state index is 1.38. The Morgan fingerprint density at radius 1 is 0.714 bits per heavy atom. The van der Waals surface area contributed by atoms with Gasteiger partial charge in [0.25, 0.3) is 0 Å². The third-order valence-electron chi connectivity index (χ3n) is 2.00. The fourth-order valence-corrected chi connectivity index (χ4v) is 5.59. The van der Waals surface area contributed by atoms with E-state index in [9.17, 15) is 0 Å². The number of rotatable bonds is 4. The Hall–Kier alpha value is 0.680. The van der Waals surface area contributed by atoms with Crippen molar-refractivity contribution in [1.29, 1.82) is 0 Å². The van der Waals surface area contributed by atoms with E-state index in [1.165, 1.54) is 19.8 Å². The number of aromatic nitrogens is 1. The highest BCUT2D eigenvalue weighted by atomic mass is 32.2. The van der Waals surface area contributed by atoms with Crippen LogP contribution in [0, 0.1) is 0 Å². The van der Waals surface area contributed by atoms with Gasteiger partial charge in [0.1, 0.15) is 0 Å². The first-order chi connectivity index (χ1) is 6.71. The van der Waals surface area contributed by atoms with Crippen molar-refractivity contribution < 1.29 is 0 Å². The number of hydrogen-bond donors (Lipinski definition) is 0. The van der Waals surface area contributed by atoms with Gasteiger partial charge in [-0.2, -0.15) is 0 Å². The zero-order valence-electron chi connectivity index (χ0n) is 9.08. The Morgan fingerprint density at radius 3 is 1.29 bits per heavy atom. The van der Waals surface area contributed by atoms with E-state index in [0.29, 0.717) is 0 Å². The van der Waals surface area contributed by atoms with E-state index < -0.39 is 0 Å². The van der Waals surface area contributed by atoms with Crippen molar-refractivity contribution >= 4 is 47.0 Å². The normalized spacial score (nSPS) is 10.9. The SMILES string of the molecule is CSc1c(SC)c(SC)n(C)c1SC. The number of hydrogen-bond acceptors (Lipinski definition) is 4. The molecule has 0 fully saturated rings. The van der Waals surface area contributed by atoms with Crippen molar-refractivity contribution in [2.24, 2.45) is 7.05 Å². The number of nitrogens with zero attached hydrogens (tertiary/aromatic N) is 1. The second kappa shape index (κ2) is 5.68. The largest absolute Gasteiger partial charge is 0.332 e. The minimum Gasteiger partial charge on any atom is -0.332 e. The maximum atomic E-state index is 2.30. The molecule has 1 aromatic rings. The van der Waals surface area contributed by atoms with Crippen molar-refractivity contribution in [3.63, 3.8) is 0 Å². The summed E-state index contributed by atoms with van der Waals surface area (Å²) < 4.78 is 2.30. The number of thioether (sulfide) groups is 4. The second-order valence-corrected chi connectivity index (χ2v) is 5.87. The lowest BCUT2D eigenvalue weighted by Crippen LogP contribution is -1.91. The molecular weight excluding hydrogens is 250 g/mol. The Balaban J connectivity index is 3.37. The van der Waals surface area contributed by atoms with Gasteiger partial charge >= 0.3 is 0 Å². The van der Waals surface area contributed by atoms with Crippen LogP contribution < -0.4 is 0 Å².